The number of nitrogens with zero attached hydrogens (tertiary/aromatic N) is 3. The van der Waals surface area contributed by atoms with Gasteiger partial charge in [-0.15, -0.1) is 0 Å². The smallest absolute Gasteiger partial charge is 0.408 e. The Morgan fingerprint density at radius 1 is 1.10 bits per heavy atom. The average Bonchev–Trinajstić information content (AvgIpc) is 3.57. The summed E-state index contributed by atoms with van der Waals surface area (Å²) in [4.78, 5) is 49.8. The number of carbonyl (C=O) groups excluding carboxylic acids is 3. The van der Waals surface area contributed by atoms with Crippen LogP contribution in [0, 0.1) is 17.3 Å². The zero-order chi connectivity index (χ0) is 30.2. The van der Waals surface area contributed by atoms with Gasteiger partial charge in [0.05, 0.1) is 23.6 Å². The summed E-state index contributed by atoms with van der Waals surface area (Å²) in [5.41, 5.74) is 0.808. The molecule has 2 amide bonds. The molecule has 10 nitrogen and oxygen atoms in total. The monoisotopic (exact) mass is 588 g/mol. The van der Waals surface area contributed by atoms with Crippen molar-refractivity contribution in [2.75, 3.05) is 6.54 Å². The first kappa shape index (κ1) is 29.9. The Kier molecular flexibility index (Phi) is 8.52. The molecule has 42 heavy (non-hydrogen) atoms. The zero-order valence-corrected chi connectivity index (χ0v) is 24.3. The van der Waals surface area contributed by atoms with Crippen molar-refractivity contribution in [2.24, 2.45) is 17.3 Å². The summed E-state index contributed by atoms with van der Waals surface area (Å²) in [5, 5.41) is 2.77. The molecule has 6 atom stereocenters. The molecule has 2 bridgehead atoms. The van der Waals surface area contributed by atoms with Gasteiger partial charge in [0.1, 0.15) is 36.0 Å². The maximum absolute atomic E-state index is 13.9. The lowest BCUT2D eigenvalue weighted by molar-refractivity contribution is -0.139. The minimum atomic E-state index is -2.98. The van der Waals surface area contributed by atoms with E-state index in [-0.39, 0.29) is 24.3 Å². The molecule has 2 aliphatic heterocycles. The number of hydrogen-bond donors (Lipinski definition) is 1. The predicted octanol–water partition coefficient (Wildman–Crippen LogP) is 4.67. The molecule has 0 radical (unpaired) electrons. The van der Waals surface area contributed by atoms with Gasteiger partial charge < -0.3 is 29.2 Å². The van der Waals surface area contributed by atoms with Crippen molar-refractivity contribution in [3.8, 4) is 11.6 Å². The standard InChI is InChI=1S/C30H38F2N4O6/c1-16-22(15-37)36-14-24(16)41-26-20(33-19-11-10-18(40-28(31)32)13-21(19)34-26)9-7-5-6-8-17-12-23(17)42-29(39)35-25(27(36)38)30(2,3)4/h10-11,13,15-17,22-25,28H,5-9,12,14H2,1-4H3,(H,35,39)/t16-,17+,22+,23+,24-,25+/m0/s1. The number of hydrogen-bond acceptors (Lipinski definition) is 8. The van der Waals surface area contributed by atoms with Crippen molar-refractivity contribution >= 4 is 29.3 Å². The van der Waals surface area contributed by atoms with Crippen molar-refractivity contribution < 1.29 is 37.4 Å². The fraction of sp³-hybridized carbons (Fsp3) is 0.633. The van der Waals surface area contributed by atoms with E-state index in [1.165, 1.54) is 17.0 Å². The van der Waals surface area contributed by atoms with Gasteiger partial charge in [0.15, 0.2) is 0 Å². The van der Waals surface area contributed by atoms with Gasteiger partial charge >= 0.3 is 12.7 Å². The third kappa shape index (κ3) is 6.57. The fourth-order valence-corrected chi connectivity index (χ4v) is 5.84. The lowest BCUT2D eigenvalue weighted by atomic mass is 9.85. The molecule has 3 aliphatic rings. The Hall–Kier alpha value is -3.57. The summed E-state index contributed by atoms with van der Waals surface area (Å²) in [7, 11) is 0. The van der Waals surface area contributed by atoms with E-state index in [0.29, 0.717) is 29.1 Å². The summed E-state index contributed by atoms with van der Waals surface area (Å²) in [6, 6.07) is 2.67. The fourth-order valence-electron chi connectivity index (χ4n) is 5.84. The summed E-state index contributed by atoms with van der Waals surface area (Å²) in [5.74, 6) is -0.308. The first-order valence-corrected chi connectivity index (χ1v) is 14.6. The quantitative estimate of drug-likeness (QED) is 0.514. The van der Waals surface area contributed by atoms with Crippen LogP contribution >= 0.6 is 0 Å². The second-order valence-corrected chi connectivity index (χ2v) is 12.6. The number of halogens is 2. The van der Waals surface area contributed by atoms with Crippen LogP contribution in [-0.4, -0.2) is 70.6 Å². The van der Waals surface area contributed by atoms with Crippen molar-refractivity contribution in [1.29, 1.82) is 0 Å². The molecule has 1 saturated heterocycles. The molecule has 228 valence electrons. The van der Waals surface area contributed by atoms with E-state index < -0.39 is 48.1 Å². The van der Waals surface area contributed by atoms with Crippen molar-refractivity contribution in [3.05, 3.63) is 23.9 Å². The van der Waals surface area contributed by atoms with E-state index in [9.17, 15) is 23.2 Å². The van der Waals surface area contributed by atoms with E-state index in [2.05, 4.69) is 15.0 Å². The van der Waals surface area contributed by atoms with Crippen molar-refractivity contribution in [3.63, 3.8) is 0 Å². The maximum atomic E-state index is 13.9. The van der Waals surface area contributed by atoms with Crippen LogP contribution in [0.25, 0.3) is 11.0 Å². The van der Waals surface area contributed by atoms with Crippen LogP contribution in [0.2, 0.25) is 0 Å². The number of fused-ring (bicyclic) bond motifs is 5. The van der Waals surface area contributed by atoms with E-state index in [0.717, 1.165) is 38.4 Å². The Morgan fingerprint density at radius 2 is 1.88 bits per heavy atom. The van der Waals surface area contributed by atoms with Gasteiger partial charge in [-0.2, -0.15) is 8.78 Å². The largest absolute Gasteiger partial charge is 0.471 e. The number of alkyl halides is 2. The van der Waals surface area contributed by atoms with E-state index in [4.69, 9.17) is 14.5 Å². The number of aryl methyl sites for hydroxylation is 1. The number of ether oxygens (including phenoxy) is 3. The zero-order valence-electron chi connectivity index (χ0n) is 24.3. The Bertz CT molecular complexity index is 1330. The molecule has 3 heterocycles. The molecule has 0 unspecified atom stereocenters. The minimum Gasteiger partial charge on any atom is -0.471 e. The molecule has 1 aromatic heterocycles. The highest BCUT2D eigenvalue weighted by Crippen LogP contribution is 2.39. The molecule has 12 heteroatoms. The Labute approximate surface area is 243 Å². The normalized spacial score (nSPS) is 29.0. The molecule has 0 spiro atoms. The highest BCUT2D eigenvalue weighted by molar-refractivity contribution is 5.89. The number of nitrogens with one attached hydrogen (secondary N) is 1. The number of aldehydes is 1. The molecule has 2 fully saturated rings. The number of amides is 2. The third-order valence-electron chi connectivity index (χ3n) is 8.42. The van der Waals surface area contributed by atoms with Crippen LogP contribution < -0.4 is 14.8 Å². The number of carbonyl (C=O) groups is 3. The molecule has 1 saturated carbocycles. The summed E-state index contributed by atoms with van der Waals surface area (Å²) in [6.07, 6.45) is 4.32. The number of rotatable bonds is 3. The average molecular weight is 589 g/mol. The van der Waals surface area contributed by atoms with Crippen LogP contribution in [0.4, 0.5) is 13.6 Å². The van der Waals surface area contributed by atoms with E-state index in [1.807, 2.05) is 27.7 Å². The van der Waals surface area contributed by atoms with Gasteiger partial charge in [0, 0.05) is 12.0 Å². The lowest BCUT2D eigenvalue weighted by Crippen LogP contribution is -2.56. The number of benzene rings is 1. The molecular weight excluding hydrogens is 550 g/mol. The number of alkyl carbamates (subject to hydrolysis) is 1. The molecule has 5 rings (SSSR count). The van der Waals surface area contributed by atoms with Crippen molar-refractivity contribution in [2.45, 2.75) is 97.1 Å². The van der Waals surface area contributed by atoms with Crippen LogP contribution in [0.5, 0.6) is 11.6 Å². The molecule has 2 aromatic rings. The van der Waals surface area contributed by atoms with Crippen LogP contribution in [0.1, 0.15) is 65.5 Å². The third-order valence-corrected chi connectivity index (χ3v) is 8.42. The SMILES string of the molecule is C[C@@H]1[C@@H]2CN(C(=O)[C@H](C(C)(C)C)NC(=O)O[C@@H]3C[C@H]3CCCCCc3nc4ccc(OC(F)F)cc4nc3O2)[C@@H]1C=O. The maximum Gasteiger partial charge on any atom is 0.408 e. The first-order chi connectivity index (χ1) is 19.9. The van der Waals surface area contributed by atoms with Gasteiger partial charge in [-0.05, 0) is 49.1 Å². The Morgan fingerprint density at radius 3 is 2.60 bits per heavy atom. The second-order valence-electron chi connectivity index (χ2n) is 12.6. The second kappa shape index (κ2) is 12.0. The van der Waals surface area contributed by atoms with Crippen molar-refractivity contribution in [1.82, 2.24) is 20.2 Å². The molecular formula is C30H38F2N4O6. The van der Waals surface area contributed by atoms with Gasteiger partial charge in [-0.1, -0.05) is 40.5 Å². The molecule has 1 aliphatic carbocycles. The summed E-state index contributed by atoms with van der Waals surface area (Å²) >= 11 is 0. The lowest BCUT2D eigenvalue weighted by Gasteiger charge is -2.34. The summed E-state index contributed by atoms with van der Waals surface area (Å²) < 4.78 is 42.2. The first-order valence-electron chi connectivity index (χ1n) is 14.6. The van der Waals surface area contributed by atoms with Gasteiger partial charge in [0.25, 0.3) is 0 Å². The highest BCUT2D eigenvalue weighted by atomic mass is 19.3. The number of aromatic nitrogens is 2. The van der Waals surface area contributed by atoms with E-state index in [1.54, 1.807) is 6.07 Å². The Balaban J connectivity index is 1.49. The van der Waals surface area contributed by atoms with Gasteiger partial charge in [0.2, 0.25) is 11.8 Å². The van der Waals surface area contributed by atoms with Crippen LogP contribution in [-0.2, 0) is 20.7 Å². The van der Waals surface area contributed by atoms with Crippen LogP contribution in [0.3, 0.4) is 0 Å². The van der Waals surface area contributed by atoms with Gasteiger partial charge in [-0.3, -0.25) is 4.79 Å². The van der Waals surface area contributed by atoms with Gasteiger partial charge in [-0.25, -0.2) is 14.8 Å². The predicted molar refractivity (Wildman–Crippen MR) is 148 cm³/mol. The molecule has 1 aromatic carbocycles. The topological polar surface area (TPSA) is 120 Å². The van der Waals surface area contributed by atoms with Crippen LogP contribution in [0.15, 0.2) is 18.2 Å². The minimum absolute atomic E-state index is 0.0448. The van der Waals surface area contributed by atoms with E-state index >= 15 is 0 Å². The molecule has 1 N–H and O–H groups in total. The summed E-state index contributed by atoms with van der Waals surface area (Å²) in [6.45, 7) is 4.46. The highest BCUT2D eigenvalue weighted by Gasteiger charge is 2.48.